The number of anilines is 2. The standard InChI is InChI=1S/C12H18N4/c1-9(2)16(6-4-5-13)12-11(14)7-10(3)8-15-12/h7-9H,4,6,14H2,1-3H3. The van der Waals surface area contributed by atoms with Gasteiger partial charge in [-0.25, -0.2) is 4.98 Å². The van der Waals surface area contributed by atoms with Crippen LogP contribution in [-0.4, -0.2) is 17.6 Å². The summed E-state index contributed by atoms with van der Waals surface area (Å²) in [6.45, 7) is 6.76. The molecule has 0 saturated heterocycles. The number of nitriles is 1. The Bertz CT molecular complexity index is 392. The number of hydrogen-bond acceptors (Lipinski definition) is 4. The molecule has 1 aromatic heterocycles. The topological polar surface area (TPSA) is 65.9 Å². The van der Waals surface area contributed by atoms with Gasteiger partial charge in [0.15, 0.2) is 5.82 Å². The van der Waals surface area contributed by atoms with Gasteiger partial charge in [-0.1, -0.05) is 0 Å². The SMILES string of the molecule is Cc1cnc(N(CCC#N)C(C)C)c(N)c1. The Morgan fingerprint density at radius 1 is 1.56 bits per heavy atom. The van der Waals surface area contributed by atoms with Crippen LogP contribution in [-0.2, 0) is 0 Å². The van der Waals surface area contributed by atoms with Gasteiger partial charge in [-0.3, -0.25) is 0 Å². The second-order valence-corrected chi connectivity index (χ2v) is 4.12. The van der Waals surface area contributed by atoms with Crippen molar-refractivity contribution >= 4 is 11.5 Å². The maximum atomic E-state index is 8.63. The molecular formula is C12H18N4. The highest BCUT2D eigenvalue weighted by Gasteiger charge is 2.14. The maximum absolute atomic E-state index is 8.63. The number of nitrogens with zero attached hydrogens (tertiary/aromatic N) is 3. The van der Waals surface area contributed by atoms with Crippen molar-refractivity contribution in [1.82, 2.24) is 4.98 Å². The third-order valence-electron chi connectivity index (χ3n) is 2.39. The number of hydrogen-bond donors (Lipinski definition) is 1. The van der Waals surface area contributed by atoms with Gasteiger partial charge in [0, 0.05) is 18.8 Å². The third kappa shape index (κ3) is 2.86. The molecule has 0 aliphatic carbocycles. The van der Waals surface area contributed by atoms with Crippen molar-refractivity contribution in [3.05, 3.63) is 17.8 Å². The summed E-state index contributed by atoms with van der Waals surface area (Å²) in [6.07, 6.45) is 2.28. The summed E-state index contributed by atoms with van der Waals surface area (Å²) >= 11 is 0. The summed E-state index contributed by atoms with van der Waals surface area (Å²) in [5.41, 5.74) is 7.66. The summed E-state index contributed by atoms with van der Waals surface area (Å²) < 4.78 is 0. The highest BCUT2D eigenvalue weighted by Crippen LogP contribution is 2.22. The van der Waals surface area contributed by atoms with Gasteiger partial charge in [0.1, 0.15) is 0 Å². The minimum atomic E-state index is 0.283. The van der Waals surface area contributed by atoms with Crippen molar-refractivity contribution in [2.24, 2.45) is 0 Å². The van der Waals surface area contributed by atoms with Crippen molar-refractivity contribution in [3.63, 3.8) is 0 Å². The van der Waals surface area contributed by atoms with E-state index in [1.807, 2.05) is 13.0 Å². The van der Waals surface area contributed by atoms with Gasteiger partial charge in [0.2, 0.25) is 0 Å². The Hall–Kier alpha value is -1.76. The second kappa shape index (κ2) is 5.36. The fourth-order valence-corrected chi connectivity index (χ4v) is 1.60. The molecule has 0 spiro atoms. The zero-order valence-electron chi connectivity index (χ0n) is 10.1. The van der Waals surface area contributed by atoms with E-state index in [1.165, 1.54) is 0 Å². The maximum Gasteiger partial charge on any atom is 0.152 e. The zero-order valence-corrected chi connectivity index (χ0v) is 10.1. The minimum absolute atomic E-state index is 0.283. The Morgan fingerprint density at radius 3 is 2.75 bits per heavy atom. The molecule has 0 unspecified atom stereocenters. The van der Waals surface area contributed by atoms with Crippen LogP contribution in [0.15, 0.2) is 12.3 Å². The molecule has 86 valence electrons. The molecule has 0 radical (unpaired) electrons. The first-order valence-corrected chi connectivity index (χ1v) is 5.42. The average molecular weight is 218 g/mol. The minimum Gasteiger partial charge on any atom is -0.396 e. The lowest BCUT2D eigenvalue weighted by Crippen LogP contribution is -2.33. The molecule has 0 saturated carbocycles. The summed E-state index contributed by atoms with van der Waals surface area (Å²) in [4.78, 5) is 6.40. The van der Waals surface area contributed by atoms with E-state index in [4.69, 9.17) is 11.0 Å². The summed E-state index contributed by atoms with van der Waals surface area (Å²) in [6, 6.07) is 4.33. The van der Waals surface area contributed by atoms with Gasteiger partial charge in [-0.05, 0) is 32.4 Å². The van der Waals surface area contributed by atoms with Crippen molar-refractivity contribution in [1.29, 1.82) is 5.26 Å². The third-order valence-corrected chi connectivity index (χ3v) is 2.39. The summed E-state index contributed by atoms with van der Waals surface area (Å²) in [5.74, 6) is 0.774. The van der Waals surface area contributed by atoms with Crippen LogP contribution < -0.4 is 10.6 Å². The quantitative estimate of drug-likeness (QED) is 0.840. The van der Waals surface area contributed by atoms with E-state index in [2.05, 4.69) is 29.8 Å². The van der Waals surface area contributed by atoms with Gasteiger partial charge < -0.3 is 10.6 Å². The molecule has 4 heteroatoms. The van der Waals surface area contributed by atoms with Crippen molar-refractivity contribution in [2.75, 3.05) is 17.2 Å². The van der Waals surface area contributed by atoms with Crippen molar-refractivity contribution in [2.45, 2.75) is 33.2 Å². The number of nitrogen functional groups attached to an aromatic ring is 1. The zero-order chi connectivity index (χ0) is 12.1. The smallest absolute Gasteiger partial charge is 0.152 e. The lowest BCUT2D eigenvalue weighted by atomic mass is 10.2. The number of pyridine rings is 1. The van der Waals surface area contributed by atoms with E-state index in [0.29, 0.717) is 18.7 Å². The predicted octanol–water partition coefficient (Wildman–Crippen LogP) is 2.10. The molecule has 2 N–H and O–H groups in total. The Balaban J connectivity index is 2.97. The summed E-state index contributed by atoms with van der Waals surface area (Å²) in [5, 5.41) is 8.63. The number of aromatic nitrogens is 1. The van der Waals surface area contributed by atoms with Crippen LogP contribution in [0, 0.1) is 18.3 Å². The highest BCUT2D eigenvalue weighted by molar-refractivity contribution is 5.63. The number of rotatable bonds is 4. The van der Waals surface area contributed by atoms with E-state index < -0.39 is 0 Å². The highest BCUT2D eigenvalue weighted by atomic mass is 15.2. The fraction of sp³-hybridized carbons (Fsp3) is 0.500. The van der Waals surface area contributed by atoms with Gasteiger partial charge in [-0.2, -0.15) is 5.26 Å². The van der Waals surface area contributed by atoms with Gasteiger partial charge in [0.25, 0.3) is 0 Å². The van der Waals surface area contributed by atoms with E-state index >= 15 is 0 Å². The average Bonchev–Trinajstić information content (AvgIpc) is 2.20. The van der Waals surface area contributed by atoms with Crippen LogP contribution in [0.1, 0.15) is 25.8 Å². The lowest BCUT2D eigenvalue weighted by molar-refractivity contribution is 0.678. The molecule has 0 amide bonds. The molecule has 4 nitrogen and oxygen atoms in total. The lowest BCUT2D eigenvalue weighted by Gasteiger charge is -2.28. The van der Waals surface area contributed by atoms with Crippen molar-refractivity contribution < 1.29 is 0 Å². The molecule has 1 rings (SSSR count). The summed E-state index contributed by atoms with van der Waals surface area (Å²) in [7, 11) is 0. The van der Waals surface area contributed by atoms with E-state index in [1.54, 1.807) is 6.20 Å². The van der Waals surface area contributed by atoms with E-state index in [0.717, 1.165) is 11.4 Å². The number of aryl methyl sites for hydroxylation is 1. The number of nitrogens with two attached hydrogens (primary N) is 1. The Labute approximate surface area is 96.7 Å². The van der Waals surface area contributed by atoms with Crippen molar-refractivity contribution in [3.8, 4) is 6.07 Å². The van der Waals surface area contributed by atoms with Crippen LogP contribution in [0.25, 0.3) is 0 Å². The predicted molar refractivity (Wildman–Crippen MR) is 66.1 cm³/mol. The molecule has 1 heterocycles. The first-order valence-electron chi connectivity index (χ1n) is 5.42. The van der Waals surface area contributed by atoms with Gasteiger partial charge in [0.05, 0.1) is 18.2 Å². The van der Waals surface area contributed by atoms with Crippen LogP contribution in [0.3, 0.4) is 0 Å². The first-order chi connectivity index (χ1) is 7.56. The van der Waals surface area contributed by atoms with Crippen LogP contribution in [0.5, 0.6) is 0 Å². The Morgan fingerprint density at radius 2 is 2.25 bits per heavy atom. The molecular weight excluding hydrogens is 200 g/mol. The van der Waals surface area contributed by atoms with Gasteiger partial charge in [-0.15, -0.1) is 0 Å². The molecule has 0 aliphatic heterocycles. The molecule has 0 aliphatic rings. The van der Waals surface area contributed by atoms with Gasteiger partial charge >= 0.3 is 0 Å². The molecule has 0 fully saturated rings. The molecule has 0 aromatic carbocycles. The fourth-order valence-electron chi connectivity index (χ4n) is 1.60. The van der Waals surface area contributed by atoms with E-state index in [-0.39, 0.29) is 6.04 Å². The molecule has 1 aromatic rings. The second-order valence-electron chi connectivity index (χ2n) is 4.12. The normalized spacial score (nSPS) is 10.2. The first kappa shape index (κ1) is 12.3. The monoisotopic (exact) mass is 218 g/mol. The molecule has 16 heavy (non-hydrogen) atoms. The Kier molecular flexibility index (Phi) is 4.12. The molecule has 0 bridgehead atoms. The molecule has 0 atom stereocenters. The van der Waals surface area contributed by atoms with E-state index in [9.17, 15) is 0 Å². The van der Waals surface area contributed by atoms with Crippen LogP contribution in [0.2, 0.25) is 0 Å². The van der Waals surface area contributed by atoms with Crippen LogP contribution >= 0.6 is 0 Å². The van der Waals surface area contributed by atoms with Crippen LogP contribution in [0.4, 0.5) is 11.5 Å². The largest absolute Gasteiger partial charge is 0.396 e.